The molecule has 6 heteroatoms. The Kier molecular flexibility index (Phi) is 5.35. The molecule has 6 nitrogen and oxygen atoms in total. The minimum Gasteiger partial charge on any atom is -0.444 e. The average molecular weight is 329 g/mol. The molecule has 0 saturated carbocycles. The Hall–Kier alpha value is -2.68. The van der Waals surface area contributed by atoms with E-state index in [9.17, 15) is 9.59 Å². The number of urea groups is 1. The van der Waals surface area contributed by atoms with Crippen LogP contribution in [0.3, 0.4) is 0 Å². The summed E-state index contributed by atoms with van der Waals surface area (Å²) in [6.07, 6.45) is 5.68. The van der Waals surface area contributed by atoms with Crippen LogP contribution in [0.4, 0.5) is 15.3 Å². The van der Waals surface area contributed by atoms with Gasteiger partial charge in [-0.15, -0.1) is 6.42 Å². The number of amides is 3. The van der Waals surface area contributed by atoms with Crippen LogP contribution in [0.5, 0.6) is 0 Å². The minimum atomic E-state index is -0.526. The zero-order chi connectivity index (χ0) is 17.7. The van der Waals surface area contributed by atoms with Gasteiger partial charge in [0.25, 0.3) is 0 Å². The van der Waals surface area contributed by atoms with E-state index in [2.05, 4.69) is 16.6 Å². The van der Waals surface area contributed by atoms with E-state index in [1.807, 2.05) is 20.8 Å². The average Bonchev–Trinajstić information content (AvgIpc) is 2.94. The normalized spacial score (nSPS) is 17.1. The molecular formula is C18H23N3O3. The van der Waals surface area contributed by atoms with Crippen molar-refractivity contribution in [3.05, 3.63) is 29.8 Å². The van der Waals surface area contributed by atoms with E-state index in [4.69, 9.17) is 11.2 Å². The molecular weight excluding hydrogens is 306 g/mol. The van der Waals surface area contributed by atoms with Crippen molar-refractivity contribution >= 4 is 17.8 Å². The predicted molar refractivity (Wildman–Crippen MR) is 92.7 cm³/mol. The number of benzene rings is 1. The van der Waals surface area contributed by atoms with Gasteiger partial charge < -0.3 is 20.3 Å². The Bertz CT molecular complexity index is 658. The number of carbonyl (C=O) groups is 2. The maximum absolute atomic E-state index is 12.1. The molecule has 1 heterocycles. The van der Waals surface area contributed by atoms with Crippen LogP contribution >= 0.6 is 0 Å². The smallest absolute Gasteiger partial charge is 0.410 e. The highest BCUT2D eigenvalue weighted by Crippen LogP contribution is 2.16. The van der Waals surface area contributed by atoms with Gasteiger partial charge in [-0.25, -0.2) is 9.59 Å². The van der Waals surface area contributed by atoms with Crippen LogP contribution in [0.15, 0.2) is 24.3 Å². The third-order valence-corrected chi connectivity index (χ3v) is 3.46. The second-order valence-corrected chi connectivity index (χ2v) is 6.74. The number of likely N-dealkylation sites (tertiary alicyclic amines) is 1. The summed E-state index contributed by atoms with van der Waals surface area (Å²) in [5.74, 6) is 2.52. The van der Waals surface area contributed by atoms with E-state index >= 15 is 0 Å². The summed E-state index contributed by atoms with van der Waals surface area (Å²) in [6.45, 7) is 6.48. The summed E-state index contributed by atoms with van der Waals surface area (Å²) in [6, 6.07) is 6.64. The van der Waals surface area contributed by atoms with Crippen molar-refractivity contribution in [3.63, 3.8) is 0 Å². The van der Waals surface area contributed by atoms with Crippen LogP contribution in [0, 0.1) is 12.3 Å². The van der Waals surface area contributed by atoms with Gasteiger partial charge in [-0.2, -0.15) is 0 Å². The fraction of sp³-hybridized carbons (Fsp3) is 0.444. The topological polar surface area (TPSA) is 70.7 Å². The summed E-state index contributed by atoms with van der Waals surface area (Å²) in [5, 5.41) is 5.61. The molecule has 24 heavy (non-hydrogen) atoms. The van der Waals surface area contributed by atoms with Crippen molar-refractivity contribution in [3.8, 4) is 12.3 Å². The van der Waals surface area contributed by atoms with Crippen molar-refractivity contribution in [1.29, 1.82) is 0 Å². The van der Waals surface area contributed by atoms with Crippen molar-refractivity contribution in [2.45, 2.75) is 38.8 Å². The molecule has 1 aromatic rings. The first-order chi connectivity index (χ1) is 11.3. The molecule has 2 rings (SSSR count). The number of hydrogen-bond acceptors (Lipinski definition) is 3. The first-order valence-electron chi connectivity index (χ1n) is 7.89. The van der Waals surface area contributed by atoms with Gasteiger partial charge in [0.05, 0.1) is 0 Å². The summed E-state index contributed by atoms with van der Waals surface area (Å²) in [4.78, 5) is 25.7. The third-order valence-electron chi connectivity index (χ3n) is 3.46. The zero-order valence-electron chi connectivity index (χ0n) is 14.3. The molecule has 1 aromatic carbocycles. The summed E-state index contributed by atoms with van der Waals surface area (Å²) < 4.78 is 5.34. The van der Waals surface area contributed by atoms with Crippen LogP contribution in [-0.4, -0.2) is 41.8 Å². The Balaban J connectivity index is 1.83. The monoisotopic (exact) mass is 329 g/mol. The molecule has 0 radical (unpaired) electrons. The van der Waals surface area contributed by atoms with Crippen LogP contribution in [-0.2, 0) is 4.74 Å². The molecule has 0 bridgehead atoms. The van der Waals surface area contributed by atoms with Crippen LogP contribution in [0.1, 0.15) is 32.8 Å². The molecule has 1 fully saturated rings. The minimum absolute atomic E-state index is 0.103. The highest BCUT2D eigenvalue weighted by molar-refractivity contribution is 5.89. The van der Waals surface area contributed by atoms with E-state index < -0.39 is 5.60 Å². The van der Waals surface area contributed by atoms with Crippen LogP contribution in [0.25, 0.3) is 0 Å². The van der Waals surface area contributed by atoms with Crippen LogP contribution in [0.2, 0.25) is 0 Å². The molecule has 0 aromatic heterocycles. The molecule has 0 unspecified atom stereocenters. The summed E-state index contributed by atoms with van der Waals surface area (Å²) in [5.41, 5.74) is 0.803. The maximum atomic E-state index is 12.1. The number of carbonyl (C=O) groups excluding carboxylic acids is 2. The lowest BCUT2D eigenvalue weighted by molar-refractivity contribution is 0.0291. The van der Waals surface area contributed by atoms with E-state index in [1.54, 1.807) is 29.2 Å². The molecule has 3 amide bonds. The third kappa shape index (κ3) is 5.20. The van der Waals surface area contributed by atoms with E-state index in [0.29, 0.717) is 30.8 Å². The number of anilines is 1. The number of nitrogens with zero attached hydrogens (tertiary/aromatic N) is 1. The first kappa shape index (κ1) is 17.7. The van der Waals surface area contributed by atoms with Gasteiger partial charge >= 0.3 is 12.1 Å². The summed E-state index contributed by atoms with van der Waals surface area (Å²) in [7, 11) is 0. The maximum Gasteiger partial charge on any atom is 0.410 e. The van der Waals surface area contributed by atoms with Gasteiger partial charge in [-0.05, 0) is 45.4 Å². The lowest BCUT2D eigenvalue weighted by atomic mass is 10.2. The summed E-state index contributed by atoms with van der Waals surface area (Å²) >= 11 is 0. The van der Waals surface area contributed by atoms with E-state index in [-0.39, 0.29) is 18.2 Å². The highest BCUT2D eigenvalue weighted by atomic mass is 16.6. The second kappa shape index (κ2) is 7.26. The van der Waals surface area contributed by atoms with Gasteiger partial charge in [0, 0.05) is 30.4 Å². The lowest BCUT2D eigenvalue weighted by Gasteiger charge is -2.24. The molecule has 1 aliphatic rings. The van der Waals surface area contributed by atoms with Crippen molar-refractivity contribution in [2.75, 3.05) is 18.4 Å². The quantitative estimate of drug-likeness (QED) is 0.820. The molecule has 128 valence electrons. The van der Waals surface area contributed by atoms with Crippen molar-refractivity contribution < 1.29 is 14.3 Å². The van der Waals surface area contributed by atoms with Gasteiger partial charge in [-0.1, -0.05) is 12.0 Å². The molecule has 1 atom stereocenters. The molecule has 0 aliphatic carbocycles. The molecule has 0 spiro atoms. The first-order valence-corrected chi connectivity index (χ1v) is 7.89. The SMILES string of the molecule is C#Cc1cccc(NC(=O)N[C@@H]2CCN(C(=O)OC(C)(C)C)C2)c1. The Labute approximate surface area is 142 Å². The molecule has 1 saturated heterocycles. The van der Waals surface area contributed by atoms with Gasteiger partial charge in [0.2, 0.25) is 0 Å². The van der Waals surface area contributed by atoms with Crippen molar-refractivity contribution in [2.24, 2.45) is 0 Å². The Morgan fingerprint density at radius 3 is 2.79 bits per heavy atom. The van der Waals surface area contributed by atoms with E-state index in [0.717, 1.165) is 0 Å². The number of ether oxygens (including phenoxy) is 1. The standard InChI is InChI=1S/C18H23N3O3/c1-5-13-7-6-8-14(11-13)19-16(22)20-15-9-10-21(12-15)17(23)24-18(2,3)4/h1,6-8,11,15H,9-10,12H2,2-4H3,(H2,19,20,22)/t15-/m1/s1. The van der Waals surface area contributed by atoms with Crippen LogP contribution < -0.4 is 10.6 Å². The fourth-order valence-electron chi connectivity index (χ4n) is 2.41. The van der Waals surface area contributed by atoms with Crippen molar-refractivity contribution in [1.82, 2.24) is 10.2 Å². The Morgan fingerprint density at radius 2 is 2.12 bits per heavy atom. The van der Waals surface area contributed by atoms with Gasteiger partial charge in [0.1, 0.15) is 5.60 Å². The number of hydrogen-bond donors (Lipinski definition) is 2. The van der Waals surface area contributed by atoms with E-state index in [1.165, 1.54) is 0 Å². The number of rotatable bonds is 2. The number of nitrogens with one attached hydrogen (secondary N) is 2. The predicted octanol–water partition coefficient (Wildman–Crippen LogP) is 2.80. The highest BCUT2D eigenvalue weighted by Gasteiger charge is 2.30. The Morgan fingerprint density at radius 1 is 1.38 bits per heavy atom. The largest absolute Gasteiger partial charge is 0.444 e. The van der Waals surface area contributed by atoms with Gasteiger partial charge in [-0.3, -0.25) is 0 Å². The zero-order valence-corrected chi connectivity index (χ0v) is 14.3. The number of terminal acetylenes is 1. The second-order valence-electron chi connectivity index (χ2n) is 6.74. The molecule has 1 aliphatic heterocycles. The molecule has 2 N–H and O–H groups in total. The lowest BCUT2D eigenvalue weighted by Crippen LogP contribution is -2.41. The fourth-order valence-corrected chi connectivity index (χ4v) is 2.41. The van der Waals surface area contributed by atoms with Gasteiger partial charge in [0.15, 0.2) is 0 Å².